The van der Waals surface area contributed by atoms with E-state index in [1.807, 2.05) is 7.05 Å². The fourth-order valence-corrected chi connectivity index (χ4v) is 1.87. The lowest BCUT2D eigenvalue weighted by molar-refractivity contribution is -0.170. The van der Waals surface area contributed by atoms with Gasteiger partial charge >= 0.3 is 0 Å². The quantitative estimate of drug-likeness (QED) is 0.743. The van der Waals surface area contributed by atoms with Gasteiger partial charge in [0.05, 0.1) is 13.2 Å². The van der Waals surface area contributed by atoms with E-state index in [0.29, 0.717) is 19.8 Å². The highest BCUT2D eigenvalue weighted by atomic mass is 16.5. The van der Waals surface area contributed by atoms with E-state index in [9.17, 15) is 4.79 Å². The summed E-state index contributed by atoms with van der Waals surface area (Å²) in [6.07, 6.45) is 0. The molecular formula is C11H22N2O2. The van der Waals surface area contributed by atoms with Crippen LogP contribution in [0.2, 0.25) is 0 Å². The average Bonchev–Trinajstić information content (AvgIpc) is 1.99. The van der Waals surface area contributed by atoms with E-state index in [0.717, 1.165) is 6.54 Å². The molecule has 0 aromatic heterocycles. The zero-order chi connectivity index (χ0) is 11.7. The van der Waals surface area contributed by atoms with Crippen LogP contribution in [0.1, 0.15) is 20.8 Å². The summed E-state index contributed by atoms with van der Waals surface area (Å²) in [4.78, 5) is 13.9. The Hall–Kier alpha value is -0.610. The minimum absolute atomic E-state index is 0.116. The second-order valence-corrected chi connectivity index (χ2v) is 5.70. The Balaban J connectivity index is 2.60. The first-order chi connectivity index (χ1) is 6.81. The first kappa shape index (κ1) is 12.5. The van der Waals surface area contributed by atoms with Gasteiger partial charge in [-0.2, -0.15) is 0 Å². The molecule has 1 saturated heterocycles. The second-order valence-electron chi connectivity index (χ2n) is 5.70. The lowest BCUT2D eigenvalue weighted by Crippen LogP contribution is -2.59. The molecular weight excluding hydrogens is 192 g/mol. The summed E-state index contributed by atoms with van der Waals surface area (Å²) in [5.74, 6) is 0.117. The molecule has 0 spiro atoms. The number of hydrogen-bond donors (Lipinski definition) is 1. The molecule has 0 saturated carbocycles. The molecule has 0 aromatic carbocycles. The number of amides is 1. The van der Waals surface area contributed by atoms with Crippen LogP contribution >= 0.6 is 0 Å². The highest BCUT2D eigenvalue weighted by Crippen LogP contribution is 2.29. The van der Waals surface area contributed by atoms with Gasteiger partial charge in [-0.05, 0) is 5.41 Å². The van der Waals surface area contributed by atoms with E-state index in [-0.39, 0.29) is 11.3 Å². The number of nitrogens with zero attached hydrogens (tertiary/aromatic N) is 1. The third kappa shape index (κ3) is 2.69. The standard InChI is InChI=1S/C11H22N2O2/c1-10(2,3)6-13(4)9(14)11(5-12)7-15-8-11/h5-8,12H2,1-4H3. The Morgan fingerprint density at radius 2 is 2.00 bits per heavy atom. The Morgan fingerprint density at radius 3 is 2.27 bits per heavy atom. The van der Waals surface area contributed by atoms with Gasteiger partial charge in [-0.3, -0.25) is 4.79 Å². The number of carbonyl (C=O) groups excluding carboxylic acids is 1. The van der Waals surface area contributed by atoms with Crippen molar-refractivity contribution >= 4 is 5.91 Å². The van der Waals surface area contributed by atoms with Crippen molar-refractivity contribution in [2.75, 3.05) is 33.4 Å². The van der Waals surface area contributed by atoms with Gasteiger partial charge in [0.25, 0.3) is 0 Å². The van der Waals surface area contributed by atoms with Crippen LogP contribution in [0.4, 0.5) is 0 Å². The minimum atomic E-state index is -0.444. The lowest BCUT2D eigenvalue weighted by Gasteiger charge is -2.42. The predicted octanol–water partition coefficient (Wildman–Crippen LogP) is 0.466. The van der Waals surface area contributed by atoms with Gasteiger partial charge in [-0.1, -0.05) is 20.8 Å². The molecule has 1 aliphatic heterocycles. The fourth-order valence-electron chi connectivity index (χ4n) is 1.87. The van der Waals surface area contributed by atoms with Gasteiger partial charge in [-0.15, -0.1) is 0 Å². The zero-order valence-electron chi connectivity index (χ0n) is 10.2. The van der Waals surface area contributed by atoms with Gasteiger partial charge < -0.3 is 15.4 Å². The highest BCUT2D eigenvalue weighted by molar-refractivity contribution is 5.84. The van der Waals surface area contributed by atoms with E-state index in [1.165, 1.54) is 0 Å². The van der Waals surface area contributed by atoms with Crippen LogP contribution in [0.5, 0.6) is 0 Å². The molecule has 1 aliphatic rings. The van der Waals surface area contributed by atoms with E-state index >= 15 is 0 Å². The Labute approximate surface area is 91.8 Å². The van der Waals surface area contributed by atoms with Crippen molar-refractivity contribution in [3.63, 3.8) is 0 Å². The fraction of sp³-hybridized carbons (Fsp3) is 0.909. The van der Waals surface area contributed by atoms with Crippen molar-refractivity contribution in [2.24, 2.45) is 16.6 Å². The van der Waals surface area contributed by atoms with Crippen LogP contribution in [-0.4, -0.2) is 44.2 Å². The molecule has 15 heavy (non-hydrogen) atoms. The van der Waals surface area contributed by atoms with Crippen molar-refractivity contribution in [1.82, 2.24) is 4.90 Å². The number of carbonyl (C=O) groups is 1. The van der Waals surface area contributed by atoms with E-state index < -0.39 is 5.41 Å². The van der Waals surface area contributed by atoms with Crippen molar-refractivity contribution in [3.05, 3.63) is 0 Å². The summed E-state index contributed by atoms with van der Waals surface area (Å²) in [6, 6.07) is 0. The van der Waals surface area contributed by atoms with Gasteiger partial charge in [0.15, 0.2) is 0 Å². The summed E-state index contributed by atoms with van der Waals surface area (Å²) in [6.45, 7) is 8.40. The summed E-state index contributed by atoms with van der Waals surface area (Å²) < 4.78 is 5.10. The van der Waals surface area contributed by atoms with E-state index in [1.54, 1.807) is 4.90 Å². The molecule has 0 radical (unpaired) electrons. The van der Waals surface area contributed by atoms with E-state index in [2.05, 4.69) is 20.8 Å². The van der Waals surface area contributed by atoms with Crippen molar-refractivity contribution in [1.29, 1.82) is 0 Å². The molecule has 1 amide bonds. The zero-order valence-corrected chi connectivity index (χ0v) is 10.2. The molecule has 1 rings (SSSR count). The average molecular weight is 214 g/mol. The summed E-state index contributed by atoms with van der Waals surface area (Å²) in [5, 5.41) is 0. The summed E-state index contributed by atoms with van der Waals surface area (Å²) in [7, 11) is 1.84. The molecule has 0 aromatic rings. The number of rotatable bonds is 3. The van der Waals surface area contributed by atoms with Crippen LogP contribution < -0.4 is 5.73 Å². The first-order valence-corrected chi connectivity index (χ1v) is 5.34. The van der Waals surface area contributed by atoms with Crippen LogP contribution in [-0.2, 0) is 9.53 Å². The molecule has 4 heteroatoms. The van der Waals surface area contributed by atoms with Crippen LogP contribution in [0.25, 0.3) is 0 Å². The smallest absolute Gasteiger partial charge is 0.234 e. The maximum atomic E-state index is 12.1. The third-order valence-electron chi connectivity index (χ3n) is 2.66. The molecule has 4 nitrogen and oxygen atoms in total. The van der Waals surface area contributed by atoms with Crippen molar-refractivity contribution in [3.8, 4) is 0 Å². The highest BCUT2D eigenvalue weighted by Gasteiger charge is 2.46. The van der Waals surface area contributed by atoms with Gasteiger partial charge in [0.1, 0.15) is 5.41 Å². The number of hydrogen-bond acceptors (Lipinski definition) is 3. The molecule has 88 valence electrons. The Morgan fingerprint density at radius 1 is 1.47 bits per heavy atom. The topological polar surface area (TPSA) is 55.6 Å². The van der Waals surface area contributed by atoms with Crippen LogP contribution in [0.3, 0.4) is 0 Å². The predicted molar refractivity (Wildman–Crippen MR) is 59.4 cm³/mol. The Kier molecular flexibility index (Phi) is 3.41. The molecule has 0 bridgehead atoms. The van der Waals surface area contributed by atoms with Gasteiger partial charge in [-0.25, -0.2) is 0 Å². The Bertz CT molecular complexity index is 236. The van der Waals surface area contributed by atoms with E-state index in [4.69, 9.17) is 10.5 Å². The molecule has 0 aliphatic carbocycles. The largest absolute Gasteiger partial charge is 0.379 e. The lowest BCUT2D eigenvalue weighted by atomic mass is 9.84. The summed E-state index contributed by atoms with van der Waals surface area (Å²) in [5.41, 5.74) is 5.32. The van der Waals surface area contributed by atoms with Gasteiger partial charge in [0.2, 0.25) is 5.91 Å². The molecule has 0 atom stereocenters. The monoisotopic (exact) mass is 214 g/mol. The van der Waals surface area contributed by atoms with Crippen molar-refractivity contribution < 1.29 is 9.53 Å². The number of nitrogens with two attached hydrogens (primary N) is 1. The molecule has 0 unspecified atom stereocenters. The normalized spacial score (nSPS) is 19.5. The maximum absolute atomic E-state index is 12.1. The molecule has 1 heterocycles. The maximum Gasteiger partial charge on any atom is 0.234 e. The number of ether oxygens (including phenoxy) is 1. The second kappa shape index (κ2) is 4.10. The molecule has 1 fully saturated rings. The minimum Gasteiger partial charge on any atom is -0.379 e. The SMILES string of the molecule is CN(CC(C)(C)C)C(=O)C1(CN)COC1. The van der Waals surface area contributed by atoms with Gasteiger partial charge in [0, 0.05) is 20.1 Å². The molecule has 2 N–H and O–H groups in total. The first-order valence-electron chi connectivity index (χ1n) is 5.34. The van der Waals surface area contributed by atoms with Crippen LogP contribution in [0.15, 0.2) is 0 Å². The third-order valence-corrected chi connectivity index (χ3v) is 2.66. The van der Waals surface area contributed by atoms with Crippen molar-refractivity contribution in [2.45, 2.75) is 20.8 Å². The summed E-state index contributed by atoms with van der Waals surface area (Å²) >= 11 is 0. The van der Waals surface area contributed by atoms with Crippen LogP contribution in [0, 0.1) is 10.8 Å².